The summed E-state index contributed by atoms with van der Waals surface area (Å²) in [4.78, 5) is 0. The van der Waals surface area contributed by atoms with Gasteiger partial charge in [0.2, 0.25) is 0 Å². The van der Waals surface area contributed by atoms with Crippen molar-refractivity contribution in [2.75, 3.05) is 0 Å². The Kier molecular flexibility index (Phi) is 3.17. The molecule has 0 radical (unpaired) electrons. The second kappa shape index (κ2) is 3.13. The molecule has 0 unspecified atom stereocenters. The van der Waals surface area contributed by atoms with E-state index in [0.717, 1.165) is 0 Å². The predicted molar refractivity (Wildman–Crippen MR) is 29.4 cm³/mol. The van der Waals surface area contributed by atoms with Gasteiger partial charge in [-0.3, -0.25) is 0 Å². The minimum Gasteiger partial charge on any atom is -0.188 e. The van der Waals surface area contributed by atoms with E-state index in [1.807, 2.05) is 0 Å². The normalized spacial score (nSPS) is 15.0. The van der Waals surface area contributed by atoms with Gasteiger partial charge in [-0.15, -0.1) is 0 Å². The summed E-state index contributed by atoms with van der Waals surface area (Å²) in [6.45, 7) is 0. The average Bonchev–Trinajstić information content (AvgIpc) is 1.85. The highest BCUT2D eigenvalue weighted by molar-refractivity contribution is 8.21. The smallest absolute Gasteiger partial charge is 0.188 e. The summed E-state index contributed by atoms with van der Waals surface area (Å²) in [5.41, 5.74) is 0. The molecule has 0 saturated carbocycles. The molecule has 0 bridgehead atoms. The van der Waals surface area contributed by atoms with Crippen LogP contribution in [0.15, 0.2) is 0 Å². The molecular weight excluding hydrogens is 237 g/mol. The molecule has 0 aliphatic heterocycles. The highest BCUT2D eigenvalue weighted by atomic mass is 35.7. The Morgan fingerprint density at radius 1 is 0.833 bits per heavy atom. The van der Waals surface area contributed by atoms with E-state index < -0.39 is 28.3 Å². The minimum atomic E-state index is -6.31. The fraction of sp³-hybridized carbons (Fsp3) is 1.00. The molecule has 0 aliphatic carbocycles. The number of hydrogen-bond donors (Lipinski definition) is 0. The lowest BCUT2D eigenvalue weighted by atomic mass is 10.3. The van der Waals surface area contributed by atoms with Gasteiger partial charge in [0.1, 0.15) is 0 Å². The van der Waals surface area contributed by atoms with Crippen LogP contribution in [-0.4, -0.2) is 17.4 Å². The maximum Gasteiger partial charge on any atom is 0.460 e. The van der Waals surface area contributed by atoms with Gasteiger partial charge < -0.3 is 0 Å². The van der Waals surface area contributed by atoms with Crippen molar-refractivity contribution in [1.29, 1.82) is 0 Å². The second-order valence-corrected chi connectivity index (χ2v) is 2.80. The lowest BCUT2D eigenvalue weighted by Crippen LogP contribution is -2.49. The van der Waals surface area contributed by atoms with Gasteiger partial charge in [0.15, 0.2) is 0 Å². The van der Waals surface area contributed by atoms with Gasteiger partial charge in [-0.1, -0.05) is 0 Å². The molecule has 0 amide bonds. The zero-order valence-electron chi connectivity index (χ0n) is 4.93. The summed E-state index contributed by atoms with van der Waals surface area (Å²) in [7, 11) is 2.80. The first-order valence-electron chi connectivity index (χ1n) is 2.18. The first-order chi connectivity index (χ1) is 5.06. The predicted octanol–water partition coefficient (Wildman–Crippen LogP) is 3.66. The van der Waals surface area contributed by atoms with Crippen LogP contribution in [0.1, 0.15) is 0 Å². The molecule has 0 aliphatic rings. The zero-order valence-corrected chi connectivity index (χ0v) is 6.50. The van der Waals surface area contributed by atoms with Gasteiger partial charge in [-0.2, -0.15) is 30.7 Å². The topological polar surface area (TPSA) is 0 Å². The molecule has 0 heterocycles. The molecule has 74 valence electrons. The van der Waals surface area contributed by atoms with Gasteiger partial charge in [0.05, 0.1) is 0 Å². The van der Waals surface area contributed by atoms with E-state index in [1.165, 1.54) is 0 Å². The zero-order chi connectivity index (χ0) is 10.2. The highest BCUT2D eigenvalue weighted by Crippen LogP contribution is 2.52. The van der Waals surface area contributed by atoms with Crippen molar-refractivity contribution >= 4 is 21.7 Å². The average molecular weight is 237 g/mol. The van der Waals surface area contributed by atoms with Crippen LogP contribution >= 0.6 is 21.7 Å². The van der Waals surface area contributed by atoms with E-state index in [0.29, 0.717) is 0 Å². The van der Waals surface area contributed by atoms with Gasteiger partial charge >= 0.3 is 17.4 Å². The maximum absolute atomic E-state index is 11.8. The van der Waals surface area contributed by atoms with Crippen molar-refractivity contribution < 1.29 is 30.7 Å². The van der Waals surface area contributed by atoms with E-state index in [2.05, 4.69) is 10.7 Å². The summed E-state index contributed by atoms with van der Waals surface area (Å²) in [5, 5.41) is -5.35. The molecular formula is C3ClF7S. The van der Waals surface area contributed by atoms with Crippen molar-refractivity contribution in [2.24, 2.45) is 0 Å². The molecule has 0 fully saturated rings. The minimum absolute atomic E-state index is 1.37. The van der Waals surface area contributed by atoms with Crippen LogP contribution in [0.5, 0.6) is 0 Å². The van der Waals surface area contributed by atoms with Crippen LogP contribution in [-0.2, 0) is 0 Å². The Morgan fingerprint density at radius 3 is 1.25 bits per heavy atom. The SMILES string of the molecule is FC(F)(F)C(F)(F)C(F)(F)SCl. The molecule has 0 aromatic heterocycles. The largest absolute Gasteiger partial charge is 0.460 e. The van der Waals surface area contributed by atoms with Crippen LogP contribution in [0.4, 0.5) is 30.7 Å². The van der Waals surface area contributed by atoms with Crippen LogP contribution < -0.4 is 0 Å². The third-order valence-corrected chi connectivity index (χ3v) is 1.85. The Balaban J connectivity index is 4.85. The Morgan fingerprint density at radius 2 is 1.17 bits per heavy atom. The standard InChI is InChI=1S/C3ClF7S/c4-12-3(10,11)1(5,6)2(7,8)9. The molecule has 12 heavy (non-hydrogen) atoms. The van der Waals surface area contributed by atoms with E-state index in [9.17, 15) is 30.7 Å². The van der Waals surface area contributed by atoms with Gasteiger partial charge in [-0.25, -0.2) is 0 Å². The second-order valence-electron chi connectivity index (χ2n) is 1.67. The van der Waals surface area contributed by atoms with Crippen LogP contribution in [0.25, 0.3) is 0 Å². The molecule has 0 rings (SSSR count). The number of hydrogen-bond acceptors (Lipinski definition) is 1. The fourth-order valence-electron chi connectivity index (χ4n) is 0.213. The quantitative estimate of drug-likeness (QED) is 0.659. The number of alkyl halides is 7. The van der Waals surface area contributed by atoms with Crippen LogP contribution in [0.2, 0.25) is 0 Å². The molecule has 9 heteroatoms. The molecule has 0 saturated heterocycles. The summed E-state index contributed by atoms with van der Waals surface area (Å²) in [5.74, 6) is -6.12. The molecule has 0 N–H and O–H groups in total. The van der Waals surface area contributed by atoms with Gasteiger partial charge in [-0.05, 0) is 10.7 Å². The van der Waals surface area contributed by atoms with Crippen molar-refractivity contribution in [3.63, 3.8) is 0 Å². The number of halogens is 8. The fourth-order valence-corrected chi connectivity index (χ4v) is 0.717. The molecule has 0 spiro atoms. The lowest BCUT2D eigenvalue weighted by molar-refractivity contribution is -0.329. The molecule has 0 aromatic rings. The third kappa shape index (κ3) is 1.90. The van der Waals surface area contributed by atoms with Gasteiger partial charge in [0.25, 0.3) is 0 Å². The summed E-state index contributed by atoms with van der Waals surface area (Å²) >= 11 is 0. The molecule has 0 nitrogen and oxygen atoms in total. The summed E-state index contributed by atoms with van der Waals surface area (Å²) < 4.78 is 80.7. The molecule has 0 atom stereocenters. The first-order valence-corrected chi connectivity index (χ1v) is 3.82. The van der Waals surface area contributed by atoms with Crippen LogP contribution in [0.3, 0.4) is 0 Å². The van der Waals surface area contributed by atoms with Crippen LogP contribution in [0, 0.1) is 0 Å². The summed E-state index contributed by atoms with van der Waals surface area (Å²) in [6, 6.07) is 0. The Labute approximate surface area is 70.6 Å². The Bertz CT molecular complexity index is 163. The third-order valence-electron chi connectivity index (χ3n) is 0.818. The lowest BCUT2D eigenvalue weighted by Gasteiger charge is -2.25. The van der Waals surface area contributed by atoms with E-state index >= 15 is 0 Å². The maximum atomic E-state index is 11.8. The van der Waals surface area contributed by atoms with Crippen molar-refractivity contribution in [3.05, 3.63) is 0 Å². The van der Waals surface area contributed by atoms with Crippen molar-refractivity contribution in [2.45, 2.75) is 17.4 Å². The molecule has 0 aromatic carbocycles. The Hall–Kier alpha value is 0.150. The van der Waals surface area contributed by atoms with E-state index in [1.54, 1.807) is 0 Å². The highest BCUT2D eigenvalue weighted by Gasteiger charge is 2.73. The van der Waals surface area contributed by atoms with Crippen molar-refractivity contribution in [1.82, 2.24) is 0 Å². The van der Waals surface area contributed by atoms with E-state index in [4.69, 9.17) is 0 Å². The summed E-state index contributed by atoms with van der Waals surface area (Å²) in [6.07, 6.45) is -6.31. The van der Waals surface area contributed by atoms with E-state index in [-0.39, 0.29) is 0 Å². The number of rotatable bonds is 2. The van der Waals surface area contributed by atoms with Gasteiger partial charge in [0, 0.05) is 11.0 Å². The monoisotopic (exact) mass is 236 g/mol. The van der Waals surface area contributed by atoms with Crippen molar-refractivity contribution in [3.8, 4) is 0 Å². The first kappa shape index (κ1) is 12.2.